The minimum atomic E-state index is 0.667. The van der Waals surface area contributed by atoms with E-state index in [4.69, 9.17) is 5.73 Å². The van der Waals surface area contributed by atoms with E-state index in [1.165, 1.54) is 51.6 Å². The van der Waals surface area contributed by atoms with Gasteiger partial charge >= 0.3 is 0 Å². The van der Waals surface area contributed by atoms with Crippen LogP contribution in [0.5, 0.6) is 0 Å². The second-order valence-electron chi connectivity index (χ2n) is 7.44. The molecule has 1 unspecified atom stereocenters. The van der Waals surface area contributed by atoms with Gasteiger partial charge < -0.3 is 5.73 Å². The molecule has 0 radical (unpaired) electrons. The summed E-state index contributed by atoms with van der Waals surface area (Å²) in [4.78, 5) is 2.72. The molecule has 2 rings (SSSR count). The van der Waals surface area contributed by atoms with E-state index in [0.717, 1.165) is 30.2 Å². The maximum absolute atomic E-state index is 6.12. The third-order valence-electron chi connectivity index (χ3n) is 5.83. The lowest BCUT2D eigenvalue weighted by molar-refractivity contribution is 0.0681. The van der Waals surface area contributed by atoms with E-state index in [-0.39, 0.29) is 0 Å². The number of hydrogen-bond donors (Lipinski definition) is 1. The first-order valence-electron chi connectivity index (χ1n) is 8.56. The quantitative estimate of drug-likeness (QED) is 0.844. The third kappa shape index (κ3) is 3.95. The van der Waals surface area contributed by atoms with Gasteiger partial charge in [-0.05, 0) is 62.4 Å². The van der Waals surface area contributed by atoms with Gasteiger partial charge in [0.15, 0.2) is 0 Å². The Kier molecular flexibility index (Phi) is 5.70. The Balaban J connectivity index is 1.85. The van der Waals surface area contributed by atoms with Crippen molar-refractivity contribution >= 4 is 0 Å². The van der Waals surface area contributed by atoms with Crippen molar-refractivity contribution in [2.75, 3.05) is 19.6 Å². The summed E-state index contributed by atoms with van der Waals surface area (Å²) in [5.41, 5.74) is 6.12. The standard InChI is InChI=1S/C17H34N2/c1-13(2)15-8-10-19(11-9-15)17(12-18)16-6-4-14(3)5-7-16/h13-17H,4-12,18H2,1-3H3. The monoisotopic (exact) mass is 266 g/mol. The number of hydrogen-bond acceptors (Lipinski definition) is 2. The molecule has 0 bridgehead atoms. The largest absolute Gasteiger partial charge is 0.329 e. The van der Waals surface area contributed by atoms with Gasteiger partial charge in [0.1, 0.15) is 0 Å². The molecule has 19 heavy (non-hydrogen) atoms. The van der Waals surface area contributed by atoms with E-state index in [0.29, 0.717) is 6.04 Å². The first kappa shape index (κ1) is 15.3. The maximum atomic E-state index is 6.12. The van der Waals surface area contributed by atoms with Gasteiger partial charge in [-0.2, -0.15) is 0 Å². The molecular formula is C17H34N2. The van der Waals surface area contributed by atoms with E-state index in [9.17, 15) is 0 Å². The molecule has 1 saturated heterocycles. The van der Waals surface area contributed by atoms with Gasteiger partial charge in [0.05, 0.1) is 0 Å². The van der Waals surface area contributed by atoms with Crippen molar-refractivity contribution in [1.82, 2.24) is 4.90 Å². The Morgan fingerprint density at radius 1 is 0.947 bits per heavy atom. The Morgan fingerprint density at radius 2 is 1.53 bits per heavy atom. The van der Waals surface area contributed by atoms with Crippen LogP contribution >= 0.6 is 0 Å². The van der Waals surface area contributed by atoms with Gasteiger partial charge in [-0.1, -0.05) is 33.6 Å². The molecule has 1 atom stereocenters. The fourth-order valence-corrected chi connectivity index (χ4v) is 4.23. The lowest BCUT2D eigenvalue weighted by Crippen LogP contribution is -2.50. The zero-order valence-corrected chi connectivity index (χ0v) is 13.3. The fraction of sp³-hybridized carbons (Fsp3) is 1.00. The van der Waals surface area contributed by atoms with Crippen molar-refractivity contribution in [3.63, 3.8) is 0 Å². The normalized spacial score (nSPS) is 32.7. The maximum Gasteiger partial charge on any atom is 0.0246 e. The van der Waals surface area contributed by atoms with Gasteiger partial charge in [-0.15, -0.1) is 0 Å². The van der Waals surface area contributed by atoms with Gasteiger partial charge in [0.2, 0.25) is 0 Å². The Labute approximate surface area is 120 Å². The second-order valence-corrected chi connectivity index (χ2v) is 7.44. The van der Waals surface area contributed by atoms with Crippen LogP contribution in [0.1, 0.15) is 59.3 Å². The predicted octanol–water partition coefficient (Wildman–Crippen LogP) is 3.51. The van der Waals surface area contributed by atoms with Crippen LogP contribution in [0.3, 0.4) is 0 Å². The average molecular weight is 266 g/mol. The zero-order valence-electron chi connectivity index (χ0n) is 13.3. The van der Waals surface area contributed by atoms with E-state index in [2.05, 4.69) is 25.7 Å². The minimum absolute atomic E-state index is 0.667. The molecule has 112 valence electrons. The first-order chi connectivity index (χ1) is 9.11. The average Bonchev–Trinajstić information content (AvgIpc) is 2.42. The van der Waals surface area contributed by atoms with Gasteiger partial charge in [-0.3, -0.25) is 4.90 Å². The molecule has 0 aromatic carbocycles. The van der Waals surface area contributed by atoms with Crippen LogP contribution in [0.4, 0.5) is 0 Å². The van der Waals surface area contributed by atoms with E-state index in [1.807, 2.05) is 0 Å². The summed E-state index contributed by atoms with van der Waals surface area (Å²) >= 11 is 0. The number of piperidine rings is 1. The van der Waals surface area contributed by atoms with Crippen molar-refractivity contribution in [1.29, 1.82) is 0 Å². The lowest BCUT2D eigenvalue weighted by Gasteiger charge is -2.43. The third-order valence-corrected chi connectivity index (χ3v) is 5.83. The summed E-state index contributed by atoms with van der Waals surface area (Å²) < 4.78 is 0. The van der Waals surface area contributed by atoms with Crippen molar-refractivity contribution < 1.29 is 0 Å². The summed E-state index contributed by atoms with van der Waals surface area (Å²) in [6.07, 6.45) is 8.43. The van der Waals surface area contributed by atoms with Crippen LogP contribution in [0.25, 0.3) is 0 Å². The van der Waals surface area contributed by atoms with E-state index >= 15 is 0 Å². The summed E-state index contributed by atoms with van der Waals surface area (Å²) in [7, 11) is 0. The molecule has 1 aliphatic carbocycles. The minimum Gasteiger partial charge on any atom is -0.329 e. The van der Waals surface area contributed by atoms with Gasteiger partial charge in [0.25, 0.3) is 0 Å². The van der Waals surface area contributed by atoms with Crippen LogP contribution in [-0.4, -0.2) is 30.6 Å². The topological polar surface area (TPSA) is 29.3 Å². The van der Waals surface area contributed by atoms with Crippen LogP contribution in [0, 0.1) is 23.7 Å². The van der Waals surface area contributed by atoms with E-state index < -0.39 is 0 Å². The highest BCUT2D eigenvalue weighted by Gasteiger charge is 2.32. The van der Waals surface area contributed by atoms with Gasteiger partial charge in [-0.25, -0.2) is 0 Å². The van der Waals surface area contributed by atoms with Crippen LogP contribution < -0.4 is 5.73 Å². The molecule has 2 nitrogen and oxygen atoms in total. The first-order valence-corrected chi connectivity index (χ1v) is 8.56. The van der Waals surface area contributed by atoms with Crippen molar-refractivity contribution in [2.24, 2.45) is 29.4 Å². The van der Waals surface area contributed by atoms with Crippen molar-refractivity contribution in [3.05, 3.63) is 0 Å². The second kappa shape index (κ2) is 7.08. The molecule has 1 aliphatic heterocycles. The Hall–Kier alpha value is -0.0800. The van der Waals surface area contributed by atoms with Crippen molar-refractivity contribution in [2.45, 2.75) is 65.3 Å². The highest BCUT2D eigenvalue weighted by molar-refractivity contribution is 4.86. The number of nitrogens with two attached hydrogens (primary N) is 1. The molecular weight excluding hydrogens is 232 g/mol. The molecule has 0 aromatic heterocycles. The van der Waals surface area contributed by atoms with Crippen LogP contribution in [0.2, 0.25) is 0 Å². The highest BCUT2D eigenvalue weighted by Crippen LogP contribution is 2.34. The van der Waals surface area contributed by atoms with E-state index in [1.54, 1.807) is 0 Å². The van der Waals surface area contributed by atoms with Gasteiger partial charge in [0, 0.05) is 12.6 Å². The lowest BCUT2D eigenvalue weighted by atomic mass is 9.77. The molecule has 1 heterocycles. The molecule has 2 aliphatic rings. The summed E-state index contributed by atoms with van der Waals surface area (Å²) in [6, 6.07) is 0.667. The number of likely N-dealkylation sites (tertiary alicyclic amines) is 1. The SMILES string of the molecule is CC1CCC(C(CN)N2CCC(C(C)C)CC2)CC1. The smallest absolute Gasteiger partial charge is 0.0246 e. The van der Waals surface area contributed by atoms with Crippen molar-refractivity contribution in [3.8, 4) is 0 Å². The summed E-state index contributed by atoms with van der Waals surface area (Å²) in [5, 5.41) is 0. The molecule has 1 saturated carbocycles. The molecule has 2 heteroatoms. The Bertz CT molecular complexity index is 248. The number of nitrogens with zero attached hydrogens (tertiary/aromatic N) is 1. The van der Waals surface area contributed by atoms with Crippen LogP contribution in [0.15, 0.2) is 0 Å². The predicted molar refractivity (Wildman–Crippen MR) is 83.1 cm³/mol. The number of rotatable bonds is 4. The molecule has 2 fully saturated rings. The molecule has 0 aromatic rings. The molecule has 2 N–H and O–H groups in total. The summed E-state index contributed by atoms with van der Waals surface area (Å²) in [5.74, 6) is 3.62. The summed E-state index contributed by atoms with van der Waals surface area (Å²) in [6.45, 7) is 10.6. The molecule has 0 spiro atoms. The Morgan fingerprint density at radius 3 is 2.00 bits per heavy atom. The fourth-order valence-electron chi connectivity index (χ4n) is 4.23. The molecule has 0 amide bonds. The van der Waals surface area contributed by atoms with Crippen LogP contribution in [-0.2, 0) is 0 Å². The zero-order chi connectivity index (χ0) is 13.8. The highest BCUT2D eigenvalue weighted by atomic mass is 15.2.